The quantitative estimate of drug-likeness (QED) is 0.168. The molecule has 58 heavy (non-hydrogen) atoms. The number of nitrogens with one attached hydrogen (secondary N) is 1. The Balaban J connectivity index is 1.24. The van der Waals surface area contributed by atoms with Crippen molar-refractivity contribution in [3.8, 4) is 22.9 Å². The van der Waals surface area contributed by atoms with E-state index in [0.29, 0.717) is 54.6 Å². The minimum absolute atomic E-state index is 0.0214. The number of hydrogen-bond acceptors (Lipinski definition) is 9. The van der Waals surface area contributed by atoms with E-state index in [4.69, 9.17) is 29.0 Å². The standard InChI is InChI=1S/C44H52F2N4O7S/c1-27(40(51)54-24-31-25-55-43(4,5)57-31)20-28-10-8-11-29(21-28)44(6)17-9-16-42(2,3)26-58(52,53)19-15-33-32-14-18-47-37(32)23-36(46)38(33)56-30-12-13-35(45)34(22-30)39-48-41(44)49-50(39)7/h8,10-14,18,21-23,27,31,47H,9,15-17,19-20,24-26H2,1-7H3/t27-,31?,44?/m0/s1. The molecular weight excluding hydrogens is 767 g/mol. The lowest BCUT2D eigenvalue weighted by Gasteiger charge is -2.31. The van der Waals surface area contributed by atoms with Gasteiger partial charge in [-0.15, -0.1) is 0 Å². The molecule has 0 spiro atoms. The minimum atomic E-state index is -3.61. The molecule has 4 bridgehead atoms. The Morgan fingerprint density at radius 1 is 1.05 bits per heavy atom. The van der Waals surface area contributed by atoms with Crippen molar-refractivity contribution in [3.63, 3.8) is 0 Å². The van der Waals surface area contributed by atoms with E-state index in [1.807, 2.05) is 65.8 Å². The number of hydrogen-bond donors (Lipinski definition) is 1. The average Bonchev–Trinajstić information content (AvgIpc) is 3.88. The molecule has 1 saturated heterocycles. The largest absolute Gasteiger partial charge is 0.463 e. The van der Waals surface area contributed by atoms with Crippen molar-refractivity contribution in [2.45, 2.75) is 91.0 Å². The van der Waals surface area contributed by atoms with Crippen LogP contribution in [0.15, 0.2) is 60.8 Å². The van der Waals surface area contributed by atoms with Crippen molar-refractivity contribution < 1.29 is 40.9 Å². The fourth-order valence-electron chi connectivity index (χ4n) is 8.24. The van der Waals surface area contributed by atoms with Crippen molar-refractivity contribution >= 4 is 26.7 Å². The van der Waals surface area contributed by atoms with Crippen molar-refractivity contribution in [3.05, 3.63) is 94.9 Å². The van der Waals surface area contributed by atoms with Crippen molar-refractivity contribution in [2.24, 2.45) is 18.4 Å². The highest BCUT2D eigenvalue weighted by molar-refractivity contribution is 7.91. The number of H-pyrrole nitrogens is 1. The van der Waals surface area contributed by atoms with Gasteiger partial charge in [-0.2, -0.15) is 5.10 Å². The van der Waals surface area contributed by atoms with E-state index in [1.54, 1.807) is 19.3 Å². The highest BCUT2D eigenvalue weighted by atomic mass is 32.2. The number of rotatable bonds is 6. The molecule has 0 radical (unpaired) electrons. The van der Waals surface area contributed by atoms with Crippen LogP contribution in [-0.2, 0) is 54.1 Å². The predicted octanol–water partition coefficient (Wildman–Crippen LogP) is 8.38. The zero-order chi connectivity index (χ0) is 41.6. The molecule has 5 aromatic rings. The summed E-state index contributed by atoms with van der Waals surface area (Å²) in [5.41, 5.74) is 1.43. The molecule has 7 rings (SSSR count). The van der Waals surface area contributed by atoms with Crippen LogP contribution in [0.4, 0.5) is 8.78 Å². The lowest BCUT2D eigenvalue weighted by molar-refractivity contribution is -0.161. The highest BCUT2D eigenvalue weighted by Crippen LogP contribution is 2.41. The van der Waals surface area contributed by atoms with Gasteiger partial charge in [0.1, 0.15) is 24.3 Å². The Kier molecular flexibility index (Phi) is 11.3. The Bertz CT molecular complexity index is 2440. The fourth-order valence-corrected chi connectivity index (χ4v) is 10.2. The number of carbonyl (C=O) groups excluding carboxylic acids is 1. The van der Waals surface area contributed by atoms with E-state index >= 15 is 8.78 Å². The van der Waals surface area contributed by atoms with Crippen LogP contribution in [0.1, 0.15) is 83.3 Å². The molecule has 0 aliphatic carbocycles. The monoisotopic (exact) mass is 818 g/mol. The van der Waals surface area contributed by atoms with Crippen molar-refractivity contribution in [1.29, 1.82) is 0 Å². The molecule has 0 amide bonds. The maximum absolute atomic E-state index is 15.8. The molecule has 11 nitrogen and oxygen atoms in total. The number of aromatic amines is 1. The number of carbonyl (C=O) groups is 1. The third-order valence-electron chi connectivity index (χ3n) is 11.3. The van der Waals surface area contributed by atoms with Crippen LogP contribution in [0.2, 0.25) is 0 Å². The maximum Gasteiger partial charge on any atom is 0.309 e. The van der Waals surface area contributed by atoms with Crippen LogP contribution >= 0.6 is 0 Å². The van der Waals surface area contributed by atoms with Gasteiger partial charge in [-0.3, -0.25) is 4.79 Å². The Labute approximate surface area is 338 Å². The van der Waals surface area contributed by atoms with Gasteiger partial charge in [0.15, 0.2) is 38.8 Å². The number of fused-ring (bicyclic) bond motifs is 8. The summed E-state index contributed by atoms with van der Waals surface area (Å²) in [5.74, 6) is -2.28. The Hall–Kier alpha value is -4.66. The molecule has 0 saturated carbocycles. The third kappa shape index (κ3) is 8.98. The second-order valence-corrected chi connectivity index (χ2v) is 19.5. The van der Waals surface area contributed by atoms with Crippen LogP contribution in [0.5, 0.6) is 11.5 Å². The first-order valence-electron chi connectivity index (χ1n) is 19.8. The van der Waals surface area contributed by atoms with Gasteiger partial charge >= 0.3 is 5.97 Å². The minimum Gasteiger partial charge on any atom is -0.463 e. The van der Waals surface area contributed by atoms with Crippen LogP contribution in [0.25, 0.3) is 22.3 Å². The fraction of sp³-hybridized carbons (Fsp3) is 0.477. The van der Waals surface area contributed by atoms with Crippen molar-refractivity contribution in [2.75, 3.05) is 24.7 Å². The molecule has 3 atom stereocenters. The van der Waals surface area contributed by atoms with Crippen LogP contribution in [0, 0.1) is 23.0 Å². The first-order chi connectivity index (χ1) is 27.3. The van der Waals surface area contributed by atoms with Gasteiger partial charge in [0.05, 0.1) is 35.0 Å². The molecule has 1 fully saturated rings. The summed E-state index contributed by atoms with van der Waals surface area (Å²) in [4.78, 5) is 21.0. The Morgan fingerprint density at radius 3 is 2.60 bits per heavy atom. The molecule has 2 aliphatic heterocycles. The van der Waals surface area contributed by atoms with Gasteiger partial charge < -0.3 is 23.9 Å². The first-order valence-corrected chi connectivity index (χ1v) is 21.6. The molecule has 2 aliphatic rings. The van der Waals surface area contributed by atoms with E-state index < -0.39 is 44.0 Å². The molecule has 2 aromatic heterocycles. The predicted molar refractivity (Wildman–Crippen MR) is 216 cm³/mol. The number of sulfone groups is 1. The first kappa shape index (κ1) is 41.5. The Morgan fingerprint density at radius 2 is 1.84 bits per heavy atom. The summed E-state index contributed by atoms with van der Waals surface area (Å²) in [6.07, 6.45) is 3.52. The summed E-state index contributed by atoms with van der Waals surface area (Å²) in [7, 11) is -1.92. The van der Waals surface area contributed by atoms with E-state index in [2.05, 4.69) is 4.98 Å². The van der Waals surface area contributed by atoms with E-state index in [9.17, 15) is 13.2 Å². The summed E-state index contributed by atoms with van der Waals surface area (Å²) in [6.45, 7) is 11.8. The van der Waals surface area contributed by atoms with Gasteiger partial charge in [0.2, 0.25) is 0 Å². The third-order valence-corrected chi connectivity index (χ3v) is 13.4. The second kappa shape index (κ2) is 15.8. The number of esters is 1. The lowest BCUT2D eigenvalue weighted by Crippen LogP contribution is -2.29. The van der Waals surface area contributed by atoms with Gasteiger partial charge in [-0.1, -0.05) is 51.5 Å². The van der Waals surface area contributed by atoms with Crippen LogP contribution < -0.4 is 4.74 Å². The molecule has 1 N–H and O–H groups in total. The molecule has 2 unspecified atom stereocenters. The van der Waals surface area contributed by atoms with Crippen LogP contribution in [0.3, 0.4) is 0 Å². The summed E-state index contributed by atoms with van der Waals surface area (Å²) in [6, 6.07) is 15.1. The summed E-state index contributed by atoms with van der Waals surface area (Å²) >= 11 is 0. The number of benzene rings is 3. The smallest absolute Gasteiger partial charge is 0.309 e. The molecule has 3 aromatic carbocycles. The van der Waals surface area contributed by atoms with Gasteiger partial charge in [0.25, 0.3) is 0 Å². The topological polar surface area (TPSA) is 135 Å². The highest BCUT2D eigenvalue weighted by Gasteiger charge is 2.37. The second-order valence-electron chi connectivity index (χ2n) is 17.3. The SMILES string of the molecule is C[C@@H](Cc1cccc(C2(C)CCCC(C)(C)CS(=O)(=O)CCc3c(c(F)cc4[nH]ccc34)Oc3ccc(F)c(c3)-c3nc2nn3C)c1)C(=O)OCC1COC(C)(C)O1. The number of ether oxygens (including phenoxy) is 4. The molecular formula is C44H52F2N4O7S. The molecule has 310 valence electrons. The van der Waals surface area contributed by atoms with Gasteiger partial charge in [-0.25, -0.2) is 26.9 Å². The van der Waals surface area contributed by atoms with E-state index in [-0.39, 0.29) is 59.5 Å². The van der Waals surface area contributed by atoms with Crippen molar-refractivity contribution in [1.82, 2.24) is 19.7 Å². The van der Waals surface area contributed by atoms with E-state index in [1.165, 1.54) is 28.9 Å². The van der Waals surface area contributed by atoms with Crippen LogP contribution in [-0.4, -0.2) is 70.7 Å². The number of aryl methyl sites for hydroxylation is 2. The molecule has 14 heteroatoms. The lowest BCUT2D eigenvalue weighted by atomic mass is 9.75. The van der Waals surface area contributed by atoms with E-state index in [0.717, 1.165) is 11.1 Å². The number of halogens is 2. The zero-order valence-electron chi connectivity index (χ0n) is 34.2. The number of nitrogens with zero attached hydrogens (tertiary/aromatic N) is 3. The summed E-state index contributed by atoms with van der Waals surface area (Å²) < 4.78 is 83.7. The number of aromatic nitrogens is 4. The van der Waals surface area contributed by atoms with Gasteiger partial charge in [-0.05, 0) is 87.3 Å². The molecule has 4 heterocycles. The average molecular weight is 819 g/mol. The summed E-state index contributed by atoms with van der Waals surface area (Å²) in [5, 5.41) is 5.51. The zero-order valence-corrected chi connectivity index (χ0v) is 35.0. The van der Waals surface area contributed by atoms with Gasteiger partial charge in [0, 0.05) is 35.8 Å². The maximum atomic E-state index is 15.8. The normalized spacial score (nSPS) is 22.3.